The van der Waals surface area contributed by atoms with Crippen LogP contribution in [0.1, 0.15) is 19.2 Å². The molecule has 1 heterocycles. The monoisotopic (exact) mass is 294 g/mol. The van der Waals surface area contributed by atoms with Crippen molar-refractivity contribution < 1.29 is 0 Å². The Labute approximate surface area is 109 Å². The van der Waals surface area contributed by atoms with E-state index in [0.717, 1.165) is 35.5 Å². The number of nitrogens with zero attached hydrogens (tertiary/aromatic N) is 3. The highest BCUT2D eigenvalue weighted by atomic mass is 79.9. The zero-order valence-corrected chi connectivity index (χ0v) is 11.3. The Bertz CT molecular complexity index is 481. The third-order valence-corrected chi connectivity index (χ3v) is 2.87. The van der Waals surface area contributed by atoms with E-state index in [-0.39, 0.29) is 0 Å². The SMILES string of the molecule is CCCNCc1ncnn1-c1cccc(Br)c1. The van der Waals surface area contributed by atoms with Crippen molar-refractivity contribution in [2.24, 2.45) is 0 Å². The zero-order chi connectivity index (χ0) is 12.1. The molecule has 0 aliphatic heterocycles. The molecule has 0 atom stereocenters. The van der Waals surface area contributed by atoms with Gasteiger partial charge in [-0.1, -0.05) is 28.9 Å². The Morgan fingerprint density at radius 2 is 2.29 bits per heavy atom. The number of benzene rings is 1. The molecule has 1 aromatic carbocycles. The van der Waals surface area contributed by atoms with E-state index in [1.807, 2.05) is 28.9 Å². The molecular formula is C12H15BrN4. The summed E-state index contributed by atoms with van der Waals surface area (Å²) in [4.78, 5) is 4.27. The topological polar surface area (TPSA) is 42.7 Å². The predicted molar refractivity (Wildman–Crippen MR) is 71.1 cm³/mol. The van der Waals surface area contributed by atoms with Crippen LogP contribution in [0, 0.1) is 0 Å². The van der Waals surface area contributed by atoms with Crippen LogP contribution in [-0.2, 0) is 6.54 Å². The van der Waals surface area contributed by atoms with Crippen molar-refractivity contribution in [3.63, 3.8) is 0 Å². The van der Waals surface area contributed by atoms with E-state index in [1.165, 1.54) is 0 Å². The van der Waals surface area contributed by atoms with E-state index < -0.39 is 0 Å². The van der Waals surface area contributed by atoms with Crippen LogP contribution in [0.4, 0.5) is 0 Å². The van der Waals surface area contributed by atoms with Gasteiger partial charge < -0.3 is 5.32 Å². The first-order chi connectivity index (χ1) is 8.31. The van der Waals surface area contributed by atoms with Crippen molar-refractivity contribution in [2.75, 3.05) is 6.54 Å². The molecule has 0 unspecified atom stereocenters. The zero-order valence-electron chi connectivity index (χ0n) is 9.73. The van der Waals surface area contributed by atoms with Gasteiger partial charge in [0.05, 0.1) is 12.2 Å². The van der Waals surface area contributed by atoms with Gasteiger partial charge in [0, 0.05) is 4.47 Å². The highest BCUT2D eigenvalue weighted by Crippen LogP contribution is 2.15. The smallest absolute Gasteiger partial charge is 0.146 e. The minimum Gasteiger partial charge on any atom is -0.310 e. The molecule has 0 aliphatic carbocycles. The Kier molecular flexibility index (Phi) is 4.28. The number of nitrogens with one attached hydrogen (secondary N) is 1. The van der Waals surface area contributed by atoms with Gasteiger partial charge in [0.15, 0.2) is 0 Å². The highest BCUT2D eigenvalue weighted by Gasteiger charge is 2.05. The van der Waals surface area contributed by atoms with Gasteiger partial charge in [-0.05, 0) is 31.2 Å². The lowest BCUT2D eigenvalue weighted by molar-refractivity contribution is 0.633. The van der Waals surface area contributed by atoms with Crippen LogP contribution in [0.2, 0.25) is 0 Å². The second-order valence-electron chi connectivity index (χ2n) is 3.74. The Hall–Kier alpha value is -1.20. The van der Waals surface area contributed by atoms with Gasteiger partial charge in [-0.15, -0.1) is 0 Å². The van der Waals surface area contributed by atoms with Gasteiger partial charge in [0.1, 0.15) is 12.2 Å². The molecule has 0 fully saturated rings. The summed E-state index contributed by atoms with van der Waals surface area (Å²) in [6.45, 7) is 3.87. The summed E-state index contributed by atoms with van der Waals surface area (Å²) < 4.78 is 2.89. The van der Waals surface area contributed by atoms with Crippen molar-refractivity contribution in [3.8, 4) is 5.69 Å². The summed E-state index contributed by atoms with van der Waals surface area (Å²) in [6.07, 6.45) is 2.70. The first-order valence-electron chi connectivity index (χ1n) is 5.67. The fourth-order valence-corrected chi connectivity index (χ4v) is 1.97. The van der Waals surface area contributed by atoms with Crippen LogP contribution in [0.25, 0.3) is 5.69 Å². The van der Waals surface area contributed by atoms with Crippen LogP contribution in [0.5, 0.6) is 0 Å². The van der Waals surface area contributed by atoms with Crippen molar-refractivity contribution in [2.45, 2.75) is 19.9 Å². The van der Waals surface area contributed by atoms with Crippen molar-refractivity contribution >= 4 is 15.9 Å². The molecule has 0 saturated carbocycles. The quantitative estimate of drug-likeness (QED) is 0.862. The van der Waals surface area contributed by atoms with Crippen molar-refractivity contribution in [3.05, 3.63) is 40.9 Å². The minimum absolute atomic E-state index is 0.736. The number of rotatable bonds is 5. The molecule has 0 radical (unpaired) electrons. The number of hydrogen-bond acceptors (Lipinski definition) is 3. The largest absolute Gasteiger partial charge is 0.310 e. The summed E-state index contributed by atoms with van der Waals surface area (Å²) >= 11 is 3.46. The molecule has 4 nitrogen and oxygen atoms in total. The van der Waals surface area contributed by atoms with Gasteiger partial charge in [-0.2, -0.15) is 5.10 Å². The van der Waals surface area contributed by atoms with Crippen LogP contribution < -0.4 is 5.32 Å². The Morgan fingerprint density at radius 1 is 1.41 bits per heavy atom. The summed E-state index contributed by atoms with van der Waals surface area (Å²) in [5.41, 5.74) is 1.02. The molecule has 0 spiro atoms. The third-order valence-electron chi connectivity index (χ3n) is 2.38. The summed E-state index contributed by atoms with van der Waals surface area (Å²) in [5, 5.41) is 7.58. The van der Waals surface area contributed by atoms with Gasteiger partial charge in [-0.3, -0.25) is 0 Å². The molecule has 1 N–H and O–H groups in total. The molecule has 5 heteroatoms. The Morgan fingerprint density at radius 3 is 3.06 bits per heavy atom. The molecule has 17 heavy (non-hydrogen) atoms. The van der Waals surface area contributed by atoms with E-state index in [1.54, 1.807) is 6.33 Å². The fraction of sp³-hybridized carbons (Fsp3) is 0.333. The Balaban J connectivity index is 2.18. The van der Waals surface area contributed by atoms with Gasteiger partial charge in [-0.25, -0.2) is 9.67 Å². The standard InChI is InChI=1S/C12H15BrN4/c1-2-6-14-8-12-15-9-16-17(12)11-5-3-4-10(13)7-11/h3-5,7,9,14H,2,6,8H2,1H3. The maximum absolute atomic E-state index is 4.27. The van der Waals surface area contributed by atoms with E-state index in [0.29, 0.717) is 0 Å². The van der Waals surface area contributed by atoms with Crippen LogP contribution in [-0.4, -0.2) is 21.3 Å². The number of hydrogen-bond donors (Lipinski definition) is 1. The lowest BCUT2D eigenvalue weighted by atomic mass is 10.3. The summed E-state index contributed by atoms with van der Waals surface area (Å²) in [5.74, 6) is 0.927. The third kappa shape index (κ3) is 3.14. The molecule has 0 bridgehead atoms. The first kappa shape index (κ1) is 12.3. The molecule has 2 aromatic rings. The van der Waals surface area contributed by atoms with Crippen LogP contribution in [0.3, 0.4) is 0 Å². The highest BCUT2D eigenvalue weighted by molar-refractivity contribution is 9.10. The summed E-state index contributed by atoms with van der Waals surface area (Å²) in [6, 6.07) is 8.03. The van der Waals surface area contributed by atoms with Gasteiger partial charge in [0.2, 0.25) is 0 Å². The molecule has 0 aliphatic rings. The minimum atomic E-state index is 0.736. The predicted octanol–water partition coefficient (Wildman–Crippen LogP) is 2.53. The van der Waals surface area contributed by atoms with Crippen molar-refractivity contribution in [1.82, 2.24) is 20.1 Å². The summed E-state index contributed by atoms with van der Waals surface area (Å²) in [7, 11) is 0. The average molecular weight is 295 g/mol. The molecular weight excluding hydrogens is 280 g/mol. The molecule has 90 valence electrons. The normalized spacial score (nSPS) is 10.7. The molecule has 2 rings (SSSR count). The molecule has 0 saturated heterocycles. The average Bonchev–Trinajstić information content (AvgIpc) is 2.78. The van der Waals surface area contributed by atoms with Gasteiger partial charge in [0.25, 0.3) is 0 Å². The van der Waals surface area contributed by atoms with E-state index in [9.17, 15) is 0 Å². The number of halogens is 1. The second-order valence-corrected chi connectivity index (χ2v) is 4.66. The van der Waals surface area contributed by atoms with E-state index in [4.69, 9.17) is 0 Å². The number of aromatic nitrogens is 3. The van der Waals surface area contributed by atoms with E-state index in [2.05, 4.69) is 38.3 Å². The lowest BCUT2D eigenvalue weighted by Crippen LogP contribution is -2.17. The fourth-order valence-electron chi connectivity index (χ4n) is 1.59. The van der Waals surface area contributed by atoms with E-state index >= 15 is 0 Å². The molecule has 1 aromatic heterocycles. The molecule has 0 amide bonds. The second kappa shape index (κ2) is 5.93. The first-order valence-corrected chi connectivity index (χ1v) is 6.46. The van der Waals surface area contributed by atoms with Crippen molar-refractivity contribution in [1.29, 1.82) is 0 Å². The maximum Gasteiger partial charge on any atom is 0.146 e. The maximum atomic E-state index is 4.27. The van der Waals surface area contributed by atoms with Crippen LogP contribution >= 0.6 is 15.9 Å². The van der Waals surface area contributed by atoms with Gasteiger partial charge >= 0.3 is 0 Å². The lowest BCUT2D eigenvalue weighted by Gasteiger charge is -2.07. The van der Waals surface area contributed by atoms with Crippen LogP contribution in [0.15, 0.2) is 35.1 Å².